The Kier molecular flexibility index (Phi) is 5.54. The van der Waals surface area contributed by atoms with E-state index in [-0.39, 0.29) is 0 Å². The van der Waals surface area contributed by atoms with Gasteiger partial charge < -0.3 is 9.32 Å². The summed E-state index contributed by atoms with van der Waals surface area (Å²) >= 11 is 0. The average molecular weight is 562 g/mol. The van der Waals surface area contributed by atoms with E-state index in [2.05, 4.69) is 163 Å². The molecule has 0 spiro atoms. The van der Waals surface area contributed by atoms with Gasteiger partial charge in [-0.15, -0.1) is 0 Å². The molecule has 206 valence electrons. The van der Waals surface area contributed by atoms with Crippen LogP contribution in [0.25, 0.3) is 65.4 Å². The SMILES string of the molecule is c1ccc(N(c2cccc3ccccc23)c2cc3ccccc3c3ccccc23)c(-c2cccc3c2oc2ccccc23)c1. The molecule has 0 amide bonds. The summed E-state index contributed by atoms with van der Waals surface area (Å²) in [6, 6.07) is 58.6. The second-order valence-corrected chi connectivity index (χ2v) is 11.3. The standard InChI is InChI=1S/C42H27NO/c1-4-17-31-28(13-1)15-11-25-38(31)43(40-27-29-14-2-3-16-30(29)32-18-5-6-19-33(32)40)39-24-9-7-20-34(39)36-22-12-23-37-35-21-8-10-26-41(35)44-42(36)37/h1-27H. The fourth-order valence-electron chi connectivity index (χ4n) is 6.87. The molecule has 0 radical (unpaired) electrons. The van der Waals surface area contributed by atoms with Crippen molar-refractivity contribution in [2.24, 2.45) is 0 Å². The van der Waals surface area contributed by atoms with E-state index in [1.54, 1.807) is 0 Å². The van der Waals surface area contributed by atoms with Gasteiger partial charge in [0.15, 0.2) is 0 Å². The first-order valence-corrected chi connectivity index (χ1v) is 15.0. The molecule has 1 heterocycles. The van der Waals surface area contributed by atoms with Gasteiger partial charge in [0, 0.05) is 32.7 Å². The lowest BCUT2D eigenvalue weighted by Gasteiger charge is -2.30. The topological polar surface area (TPSA) is 16.4 Å². The Morgan fingerprint density at radius 1 is 0.341 bits per heavy atom. The maximum absolute atomic E-state index is 6.56. The molecule has 9 aromatic rings. The highest BCUT2D eigenvalue weighted by atomic mass is 16.3. The first-order valence-electron chi connectivity index (χ1n) is 15.0. The van der Waals surface area contributed by atoms with Gasteiger partial charge in [-0.05, 0) is 45.8 Å². The van der Waals surface area contributed by atoms with Crippen molar-refractivity contribution in [1.29, 1.82) is 0 Å². The smallest absolute Gasteiger partial charge is 0.143 e. The van der Waals surface area contributed by atoms with Crippen LogP contribution in [0.15, 0.2) is 168 Å². The van der Waals surface area contributed by atoms with Gasteiger partial charge in [-0.25, -0.2) is 0 Å². The van der Waals surface area contributed by atoms with Gasteiger partial charge in [-0.1, -0.05) is 140 Å². The first-order chi connectivity index (χ1) is 21.8. The third-order valence-electron chi connectivity index (χ3n) is 8.83. The summed E-state index contributed by atoms with van der Waals surface area (Å²) in [5, 5.41) is 9.57. The van der Waals surface area contributed by atoms with Crippen LogP contribution in [-0.2, 0) is 0 Å². The molecule has 0 bridgehead atoms. The second kappa shape index (κ2) is 9.86. The molecule has 0 aliphatic heterocycles. The molecular weight excluding hydrogens is 534 g/mol. The lowest BCUT2D eigenvalue weighted by atomic mass is 9.96. The maximum atomic E-state index is 6.56. The largest absolute Gasteiger partial charge is 0.455 e. The highest BCUT2D eigenvalue weighted by Gasteiger charge is 2.23. The van der Waals surface area contributed by atoms with E-state index in [0.717, 1.165) is 50.1 Å². The summed E-state index contributed by atoms with van der Waals surface area (Å²) < 4.78 is 6.56. The van der Waals surface area contributed by atoms with Crippen molar-refractivity contribution < 1.29 is 4.42 Å². The summed E-state index contributed by atoms with van der Waals surface area (Å²) in [7, 11) is 0. The van der Waals surface area contributed by atoms with Crippen LogP contribution in [0, 0.1) is 0 Å². The normalized spacial score (nSPS) is 11.6. The molecule has 0 unspecified atom stereocenters. The van der Waals surface area contributed by atoms with Crippen LogP contribution in [0.2, 0.25) is 0 Å². The summed E-state index contributed by atoms with van der Waals surface area (Å²) in [4.78, 5) is 2.45. The van der Waals surface area contributed by atoms with E-state index in [0.29, 0.717) is 0 Å². The number of nitrogens with zero attached hydrogens (tertiary/aromatic N) is 1. The lowest BCUT2D eigenvalue weighted by molar-refractivity contribution is 0.670. The first kappa shape index (κ1) is 24.7. The van der Waals surface area contributed by atoms with Gasteiger partial charge in [0.2, 0.25) is 0 Å². The molecule has 2 heteroatoms. The van der Waals surface area contributed by atoms with E-state index in [4.69, 9.17) is 4.42 Å². The number of hydrogen-bond donors (Lipinski definition) is 0. The van der Waals surface area contributed by atoms with E-state index < -0.39 is 0 Å². The fraction of sp³-hybridized carbons (Fsp3) is 0. The highest BCUT2D eigenvalue weighted by molar-refractivity contribution is 6.17. The number of benzene rings is 8. The quantitative estimate of drug-likeness (QED) is 0.199. The predicted octanol–water partition coefficient (Wildman–Crippen LogP) is 12.2. The van der Waals surface area contributed by atoms with Crippen LogP contribution in [-0.4, -0.2) is 0 Å². The molecule has 2 nitrogen and oxygen atoms in total. The minimum atomic E-state index is 0.902. The molecule has 0 saturated heterocycles. The Hall–Kier alpha value is -5.86. The van der Waals surface area contributed by atoms with E-state index >= 15 is 0 Å². The summed E-state index contributed by atoms with van der Waals surface area (Å²) in [6.45, 7) is 0. The molecule has 9 rings (SSSR count). The number of rotatable bonds is 4. The molecular formula is C42H27NO. The zero-order valence-electron chi connectivity index (χ0n) is 23.9. The number of fused-ring (bicyclic) bond motifs is 7. The van der Waals surface area contributed by atoms with E-state index in [9.17, 15) is 0 Å². The van der Waals surface area contributed by atoms with Crippen molar-refractivity contribution in [3.05, 3.63) is 164 Å². The average Bonchev–Trinajstić information content (AvgIpc) is 3.48. The van der Waals surface area contributed by atoms with Crippen LogP contribution in [0.1, 0.15) is 0 Å². The fourth-order valence-corrected chi connectivity index (χ4v) is 6.87. The van der Waals surface area contributed by atoms with Crippen LogP contribution >= 0.6 is 0 Å². The highest BCUT2D eigenvalue weighted by Crippen LogP contribution is 2.48. The maximum Gasteiger partial charge on any atom is 0.143 e. The van der Waals surface area contributed by atoms with Crippen molar-refractivity contribution in [2.75, 3.05) is 4.90 Å². The number of para-hydroxylation sites is 3. The zero-order valence-corrected chi connectivity index (χ0v) is 23.9. The van der Waals surface area contributed by atoms with Gasteiger partial charge in [-0.2, -0.15) is 0 Å². The number of hydrogen-bond acceptors (Lipinski definition) is 2. The molecule has 8 aromatic carbocycles. The van der Waals surface area contributed by atoms with Crippen LogP contribution in [0.5, 0.6) is 0 Å². The molecule has 0 atom stereocenters. The molecule has 0 N–H and O–H groups in total. The Bertz CT molecular complexity index is 2520. The van der Waals surface area contributed by atoms with Crippen molar-refractivity contribution in [3.8, 4) is 11.1 Å². The van der Waals surface area contributed by atoms with E-state index in [1.807, 2.05) is 6.07 Å². The van der Waals surface area contributed by atoms with Crippen LogP contribution in [0.4, 0.5) is 17.1 Å². The Balaban J connectivity index is 1.41. The number of anilines is 3. The monoisotopic (exact) mass is 561 g/mol. The zero-order chi connectivity index (χ0) is 29.0. The third kappa shape index (κ3) is 3.75. The molecule has 0 saturated carbocycles. The minimum Gasteiger partial charge on any atom is -0.455 e. The van der Waals surface area contributed by atoms with Gasteiger partial charge >= 0.3 is 0 Å². The molecule has 0 aliphatic carbocycles. The van der Waals surface area contributed by atoms with Gasteiger partial charge in [0.1, 0.15) is 11.2 Å². The third-order valence-corrected chi connectivity index (χ3v) is 8.83. The molecule has 1 aromatic heterocycles. The summed E-state index contributed by atoms with van der Waals surface area (Å²) in [5.74, 6) is 0. The molecule has 44 heavy (non-hydrogen) atoms. The van der Waals surface area contributed by atoms with Gasteiger partial charge in [0.25, 0.3) is 0 Å². The van der Waals surface area contributed by atoms with E-state index in [1.165, 1.54) is 32.3 Å². The van der Waals surface area contributed by atoms with Crippen LogP contribution < -0.4 is 4.90 Å². The lowest BCUT2D eigenvalue weighted by Crippen LogP contribution is -2.12. The molecule has 0 aliphatic rings. The Morgan fingerprint density at radius 2 is 0.909 bits per heavy atom. The second-order valence-electron chi connectivity index (χ2n) is 11.3. The predicted molar refractivity (Wildman–Crippen MR) is 186 cm³/mol. The Morgan fingerprint density at radius 3 is 1.80 bits per heavy atom. The number of furan rings is 1. The van der Waals surface area contributed by atoms with Crippen molar-refractivity contribution >= 4 is 71.3 Å². The van der Waals surface area contributed by atoms with Crippen molar-refractivity contribution in [2.45, 2.75) is 0 Å². The summed E-state index contributed by atoms with van der Waals surface area (Å²) in [5.41, 5.74) is 7.36. The van der Waals surface area contributed by atoms with Gasteiger partial charge in [-0.3, -0.25) is 0 Å². The van der Waals surface area contributed by atoms with Gasteiger partial charge in [0.05, 0.1) is 17.1 Å². The molecule has 0 fully saturated rings. The van der Waals surface area contributed by atoms with Crippen LogP contribution in [0.3, 0.4) is 0 Å². The Labute approximate surface area is 255 Å². The van der Waals surface area contributed by atoms with Crippen molar-refractivity contribution in [1.82, 2.24) is 0 Å². The minimum absolute atomic E-state index is 0.902. The summed E-state index contributed by atoms with van der Waals surface area (Å²) in [6.07, 6.45) is 0. The van der Waals surface area contributed by atoms with Crippen molar-refractivity contribution in [3.63, 3.8) is 0 Å².